The molecule has 1 aromatic carbocycles. The number of carbonyl (C=O) groups excluding carboxylic acids is 4. The topological polar surface area (TPSA) is 182 Å². The zero-order chi connectivity index (χ0) is 36.0. The molecular weight excluding hydrogens is 686 g/mol. The maximum atomic E-state index is 14.5. The first-order chi connectivity index (χ1) is 23.6. The molecule has 2 aromatic rings. The number of nitrogens with zero attached hydrogens (tertiary/aromatic N) is 4. The number of hydrogen-bond donors (Lipinski definition) is 3. The van der Waals surface area contributed by atoms with Crippen molar-refractivity contribution in [3.8, 4) is 11.3 Å². The third-order valence-corrected chi connectivity index (χ3v) is 12.2. The summed E-state index contributed by atoms with van der Waals surface area (Å²) < 4.78 is 34.7. The molecule has 50 heavy (non-hydrogen) atoms. The summed E-state index contributed by atoms with van der Waals surface area (Å²) in [5.41, 5.74) is -1.15. The van der Waals surface area contributed by atoms with Gasteiger partial charge in [-0.05, 0) is 56.4 Å². The Morgan fingerprint density at radius 2 is 1.82 bits per heavy atom. The zero-order valence-electron chi connectivity index (χ0n) is 28.4. The Kier molecular flexibility index (Phi) is 9.76. The average Bonchev–Trinajstić information content (AvgIpc) is 3.82. The summed E-state index contributed by atoms with van der Waals surface area (Å²) in [7, 11) is -3.89. The van der Waals surface area contributed by atoms with Crippen LogP contribution in [0.4, 0.5) is 4.79 Å². The Labute approximate surface area is 296 Å². The fourth-order valence-corrected chi connectivity index (χ4v) is 8.48. The second-order valence-electron chi connectivity index (χ2n) is 14.9. The van der Waals surface area contributed by atoms with E-state index in [1.54, 1.807) is 49.8 Å². The van der Waals surface area contributed by atoms with E-state index in [1.807, 2.05) is 6.07 Å². The lowest BCUT2D eigenvalue weighted by Crippen LogP contribution is -2.60. The highest BCUT2D eigenvalue weighted by Gasteiger charge is 2.62. The van der Waals surface area contributed by atoms with Gasteiger partial charge in [0, 0.05) is 24.4 Å². The maximum absolute atomic E-state index is 14.5. The first-order valence-electron chi connectivity index (χ1n) is 17.1. The van der Waals surface area contributed by atoms with Gasteiger partial charge in [-0.1, -0.05) is 61.9 Å². The average molecular weight is 730 g/mol. The number of sulfonamides is 1. The molecule has 16 heteroatoms. The van der Waals surface area contributed by atoms with E-state index in [1.165, 1.54) is 11.0 Å². The van der Waals surface area contributed by atoms with E-state index >= 15 is 0 Å². The van der Waals surface area contributed by atoms with Gasteiger partial charge in [-0.15, -0.1) is 11.7 Å². The van der Waals surface area contributed by atoms with Gasteiger partial charge in [0.2, 0.25) is 21.8 Å². The predicted octanol–water partition coefficient (Wildman–Crippen LogP) is 3.49. The van der Waals surface area contributed by atoms with Gasteiger partial charge in [-0.25, -0.2) is 17.9 Å². The second kappa shape index (κ2) is 13.6. The lowest BCUT2D eigenvalue weighted by Gasteiger charge is -2.35. The lowest BCUT2D eigenvalue weighted by atomic mass is 9.85. The summed E-state index contributed by atoms with van der Waals surface area (Å²) in [4.78, 5) is 56.5. The summed E-state index contributed by atoms with van der Waals surface area (Å²) in [5.74, 6) is -2.50. The van der Waals surface area contributed by atoms with E-state index in [9.17, 15) is 27.6 Å². The number of aromatic nitrogens is 3. The molecule has 0 unspecified atom stereocenters. The quantitative estimate of drug-likeness (QED) is 0.292. The van der Waals surface area contributed by atoms with Crippen LogP contribution in [0.1, 0.15) is 78.2 Å². The van der Waals surface area contributed by atoms with Crippen LogP contribution in [0.2, 0.25) is 5.02 Å². The first-order valence-corrected chi connectivity index (χ1v) is 19.0. The van der Waals surface area contributed by atoms with E-state index in [4.69, 9.17) is 16.3 Å². The highest BCUT2D eigenvalue weighted by molar-refractivity contribution is 7.91. The second-order valence-corrected chi connectivity index (χ2v) is 17.3. The van der Waals surface area contributed by atoms with Crippen LogP contribution >= 0.6 is 11.6 Å². The minimum Gasteiger partial charge on any atom is -0.446 e. The summed E-state index contributed by atoms with van der Waals surface area (Å²) in [6.07, 6.45) is 6.90. The fraction of sp³-hybridized carbons (Fsp3) is 0.588. The number of halogens is 1. The Morgan fingerprint density at radius 1 is 1.12 bits per heavy atom. The van der Waals surface area contributed by atoms with Crippen molar-refractivity contribution >= 4 is 45.4 Å². The molecule has 0 radical (unpaired) electrons. The van der Waals surface area contributed by atoms with E-state index < -0.39 is 74.1 Å². The number of amides is 4. The molecule has 1 saturated heterocycles. The Morgan fingerprint density at radius 3 is 2.44 bits per heavy atom. The van der Waals surface area contributed by atoms with Gasteiger partial charge in [0.1, 0.15) is 29.4 Å². The molecule has 5 atom stereocenters. The van der Waals surface area contributed by atoms with Crippen LogP contribution in [0.5, 0.6) is 0 Å². The Balaban J connectivity index is 1.27. The summed E-state index contributed by atoms with van der Waals surface area (Å²) >= 11 is 6.40. The highest BCUT2D eigenvalue weighted by Crippen LogP contribution is 2.46. The van der Waals surface area contributed by atoms with Gasteiger partial charge in [-0.3, -0.25) is 19.1 Å². The number of hydrogen-bond acceptors (Lipinski definition) is 9. The number of likely N-dealkylation sites (tertiary alicyclic amines) is 1. The smallest absolute Gasteiger partial charge is 0.408 e. The summed E-state index contributed by atoms with van der Waals surface area (Å²) in [6.45, 7) is 9.22. The van der Waals surface area contributed by atoms with E-state index in [0.717, 1.165) is 25.7 Å². The molecule has 270 valence electrons. The molecule has 3 saturated carbocycles. The van der Waals surface area contributed by atoms with Crippen LogP contribution in [0.25, 0.3) is 11.3 Å². The number of rotatable bonds is 11. The van der Waals surface area contributed by atoms with Crippen LogP contribution in [0, 0.1) is 11.3 Å². The van der Waals surface area contributed by atoms with Gasteiger partial charge in [0.25, 0.3) is 5.91 Å². The van der Waals surface area contributed by atoms with Crippen LogP contribution in [0.3, 0.4) is 0 Å². The van der Waals surface area contributed by atoms with Gasteiger partial charge in [0.05, 0.1) is 22.5 Å². The van der Waals surface area contributed by atoms with Crippen molar-refractivity contribution < 1.29 is 32.3 Å². The van der Waals surface area contributed by atoms with Crippen LogP contribution in [-0.2, 0) is 29.1 Å². The van der Waals surface area contributed by atoms with Crippen molar-refractivity contribution in [2.45, 2.75) is 107 Å². The summed E-state index contributed by atoms with van der Waals surface area (Å²) in [5, 5.41) is 14.0. The SMILES string of the molecule is C=C[C@@H]1C[C@]1(NC(=O)[C@@H]1C[C@@H](n2cc(-c3ccccc3Cl)nn2)CN1C(=O)[C@@H](NC(=O)OC1CCCC1)C(C)(C)C)C(=O)NS(=O)(=O)C1CC1. The van der Waals surface area contributed by atoms with Crippen molar-refractivity contribution in [1.29, 1.82) is 0 Å². The predicted molar refractivity (Wildman–Crippen MR) is 184 cm³/mol. The molecule has 0 spiro atoms. The van der Waals surface area contributed by atoms with Crippen LogP contribution in [0.15, 0.2) is 43.1 Å². The normalized spacial score (nSPS) is 25.8. The molecule has 2 heterocycles. The molecule has 3 aliphatic carbocycles. The number of carbonyl (C=O) groups is 4. The van der Waals surface area contributed by atoms with E-state index in [2.05, 4.69) is 32.2 Å². The monoisotopic (exact) mass is 729 g/mol. The number of nitrogens with one attached hydrogen (secondary N) is 3. The van der Waals surface area contributed by atoms with E-state index in [0.29, 0.717) is 29.1 Å². The van der Waals surface area contributed by atoms with E-state index in [-0.39, 0.29) is 25.5 Å². The number of ether oxygens (including phenoxy) is 1. The standard InChI is InChI=1S/C34H44ClN7O7S/c1-5-20-17-34(20,31(45)39-50(47,48)23-14-15-23)37-29(43)27-16-21(42-19-26(38-40-42)24-12-8-9-13-25(24)35)18-41(27)30(44)28(33(2,3)4)36-32(46)49-22-10-6-7-11-22/h5,8-9,12-13,19-23,27-28H,1,6-7,10-11,14-18H2,2-4H3,(H,36,46)(H,37,43)(H,39,45)/t20-,21-,27+,28-,34-/m1/s1. The number of alkyl carbamates (subject to hydrolysis) is 1. The minimum absolute atomic E-state index is 0.0360. The van der Waals surface area contributed by atoms with Crippen molar-refractivity contribution in [2.24, 2.45) is 11.3 Å². The number of benzene rings is 1. The minimum atomic E-state index is -3.89. The summed E-state index contributed by atoms with van der Waals surface area (Å²) in [6, 6.07) is 4.48. The van der Waals surface area contributed by atoms with Gasteiger partial charge >= 0.3 is 6.09 Å². The Hall–Kier alpha value is -3.98. The molecular formula is C34H44ClN7O7S. The fourth-order valence-electron chi connectivity index (χ4n) is 6.89. The molecule has 4 fully saturated rings. The maximum Gasteiger partial charge on any atom is 0.408 e. The van der Waals surface area contributed by atoms with Gasteiger partial charge in [-0.2, -0.15) is 0 Å². The molecule has 0 bridgehead atoms. The molecule has 3 N–H and O–H groups in total. The lowest BCUT2D eigenvalue weighted by molar-refractivity contribution is -0.142. The van der Waals surface area contributed by atoms with Crippen molar-refractivity contribution in [2.75, 3.05) is 6.54 Å². The van der Waals surface area contributed by atoms with Crippen molar-refractivity contribution in [3.05, 3.63) is 48.1 Å². The molecule has 1 aromatic heterocycles. The first kappa shape index (κ1) is 35.8. The van der Waals surface area contributed by atoms with Crippen molar-refractivity contribution in [3.63, 3.8) is 0 Å². The molecule has 4 aliphatic rings. The van der Waals surface area contributed by atoms with Gasteiger partial charge in [0.15, 0.2) is 0 Å². The third-order valence-electron chi connectivity index (χ3n) is 10.1. The highest BCUT2D eigenvalue weighted by atomic mass is 35.5. The molecule has 4 amide bonds. The zero-order valence-corrected chi connectivity index (χ0v) is 30.0. The van der Waals surface area contributed by atoms with Crippen LogP contribution in [-0.4, -0.2) is 87.6 Å². The third kappa shape index (κ3) is 7.39. The molecule has 6 rings (SSSR count). The van der Waals surface area contributed by atoms with Crippen LogP contribution < -0.4 is 15.4 Å². The largest absolute Gasteiger partial charge is 0.446 e. The Bertz CT molecular complexity index is 1780. The van der Waals surface area contributed by atoms with Gasteiger partial charge < -0.3 is 20.3 Å². The molecule has 14 nitrogen and oxygen atoms in total. The molecule has 1 aliphatic heterocycles. The van der Waals surface area contributed by atoms with Crippen molar-refractivity contribution in [1.82, 2.24) is 35.2 Å².